The lowest BCUT2D eigenvalue weighted by atomic mass is 10.3. The van der Waals surface area contributed by atoms with Gasteiger partial charge in [0.25, 0.3) is 0 Å². The highest BCUT2D eigenvalue weighted by molar-refractivity contribution is 5.40. The van der Waals surface area contributed by atoms with Gasteiger partial charge in [-0.3, -0.25) is 4.98 Å². The fourth-order valence-corrected chi connectivity index (χ4v) is 1.42. The van der Waals surface area contributed by atoms with Gasteiger partial charge >= 0.3 is 0 Å². The zero-order valence-electron chi connectivity index (χ0n) is 9.74. The van der Waals surface area contributed by atoms with E-state index in [9.17, 15) is 0 Å². The van der Waals surface area contributed by atoms with Gasteiger partial charge in [-0.1, -0.05) is 18.2 Å². The largest absolute Gasteiger partial charge is 0.490 e. The maximum atomic E-state index is 8.86. The van der Waals surface area contributed by atoms with Crippen LogP contribution in [0.3, 0.4) is 0 Å². The van der Waals surface area contributed by atoms with E-state index in [1.54, 1.807) is 12.3 Å². The lowest BCUT2D eigenvalue weighted by Gasteiger charge is -2.08. The van der Waals surface area contributed by atoms with Crippen LogP contribution in [0.1, 0.15) is 5.56 Å². The number of pyridine rings is 1. The van der Waals surface area contributed by atoms with Crippen molar-refractivity contribution in [2.24, 2.45) is 0 Å². The van der Waals surface area contributed by atoms with Crippen molar-refractivity contribution < 1.29 is 9.47 Å². The molecule has 1 aromatic carbocycles. The molecule has 0 aliphatic carbocycles. The summed E-state index contributed by atoms with van der Waals surface area (Å²) in [5.41, 5.74) is 0.477. The van der Waals surface area contributed by atoms with Gasteiger partial charge in [0.05, 0.1) is 11.8 Å². The van der Waals surface area contributed by atoms with Gasteiger partial charge in [-0.05, 0) is 18.2 Å². The Morgan fingerprint density at radius 3 is 2.61 bits per heavy atom. The summed E-state index contributed by atoms with van der Waals surface area (Å²) in [4.78, 5) is 3.91. The van der Waals surface area contributed by atoms with Crippen LogP contribution in [0, 0.1) is 11.3 Å². The molecule has 90 valence electrons. The molecule has 2 aromatic rings. The van der Waals surface area contributed by atoms with Crippen molar-refractivity contribution in [2.75, 3.05) is 13.2 Å². The highest BCUT2D eigenvalue weighted by Crippen LogP contribution is 2.14. The van der Waals surface area contributed by atoms with Crippen LogP contribution in [0.25, 0.3) is 0 Å². The summed E-state index contributed by atoms with van der Waals surface area (Å²) < 4.78 is 10.9. The van der Waals surface area contributed by atoms with Gasteiger partial charge in [-0.25, -0.2) is 0 Å². The Labute approximate surface area is 105 Å². The molecule has 0 bridgehead atoms. The minimum Gasteiger partial charge on any atom is -0.490 e. The average Bonchev–Trinajstić information content (AvgIpc) is 2.45. The molecular weight excluding hydrogens is 228 g/mol. The van der Waals surface area contributed by atoms with Crippen molar-refractivity contribution in [3.63, 3.8) is 0 Å². The number of benzene rings is 1. The Kier molecular flexibility index (Phi) is 4.15. The molecule has 0 saturated heterocycles. The monoisotopic (exact) mass is 240 g/mol. The molecular formula is C14H12N2O2. The molecule has 1 aromatic heterocycles. The van der Waals surface area contributed by atoms with Gasteiger partial charge in [-0.2, -0.15) is 5.26 Å². The van der Waals surface area contributed by atoms with Gasteiger partial charge < -0.3 is 9.47 Å². The third-order valence-electron chi connectivity index (χ3n) is 2.26. The Morgan fingerprint density at radius 2 is 1.83 bits per heavy atom. The van der Waals surface area contributed by atoms with Gasteiger partial charge in [0.2, 0.25) is 0 Å². The van der Waals surface area contributed by atoms with Gasteiger partial charge in [0.1, 0.15) is 25.0 Å². The molecule has 18 heavy (non-hydrogen) atoms. The van der Waals surface area contributed by atoms with E-state index in [1.165, 1.54) is 6.20 Å². The second kappa shape index (κ2) is 6.26. The summed E-state index contributed by atoms with van der Waals surface area (Å²) in [5, 5.41) is 8.86. The second-order valence-electron chi connectivity index (χ2n) is 3.49. The predicted octanol–water partition coefficient (Wildman–Crippen LogP) is 2.41. The van der Waals surface area contributed by atoms with Crippen LogP contribution < -0.4 is 9.47 Å². The van der Waals surface area contributed by atoms with Crippen LogP contribution in [0.4, 0.5) is 0 Å². The fraction of sp³-hybridized carbons (Fsp3) is 0.143. The van der Waals surface area contributed by atoms with Crippen molar-refractivity contribution in [1.82, 2.24) is 4.98 Å². The Hall–Kier alpha value is -2.54. The first-order valence-electron chi connectivity index (χ1n) is 5.55. The minimum atomic E-state index is 0.370. The molecule has 4 heteroatoms. The third-order valence-corrected chi connectivity index (χ3v) is 2.26. The normalized spacial score (nSPS) is 9.50. The molecule has 0 unspecified atom stereocenters. The molecule has 0 aliphatic heterocycles. The molecule has 4 nitrogen and oxygen atoms in total. The predicted molar refractivity (Wildman–Crippen MR) is 66.4 cm³/mol. The van der Waals surface area contributed by atoms with E-state index in [-0.39, 0.29) is 0 Å². The van der Waals surface area contributed by atoms with Crippen molar-refractivity contribution in [3.8, 4) is 17.6 Å². The topological polar surface area (TPSA) is 55.1 Å². The summed E-state index contributed by atoms with van der Waals surface area (Å²) >= 11 is 0. The number of ether oxygens (including phenoxy) is 2. The van der Waals surface area contributed by atoms with Gasteiger partial charge in [0.15, 0.2) is 5.75 Å². The van der Waals surface area contributed by atoms with Crippen LogP contribution in [-0.2, 0) is 0 Å². The van der Waals surface area contributed by atoms with Crippen LogP contribution >= 0.6 is 0 Å². The second-order valence-corrected chi connectivity index (χ2v) is 3.49. The average molecular weight is 240 g/mol. The van der Waals surface area contributed by atoms with Crippen molar-refractivity contribution in [2.45, 2.75) is 0 Å². The van der Waals surface area contributed by atoms with Crippen LogP contribution in [-0.4, -0.2) is 18.2 Å². The minimum absolute atomic E-state index is 0.370. The van der Waals surface area contributed by atoms with Crippen LogP contribution in [0.5, 0.6) is 11.5 Å². The van der Waals surface area contributed by atoms with E-state index in [0.717, 1.165) is 5.75 Å². The Balaban J connectivity index is 1.81. The van der Waals surface area contributed by atoms with Crippen molar-refractivity contribution in [3.05, 3.63) is 54.4 Å². The maximum absolute atomic E-state index is 8.86. The molecule has 0 fully saturated rings. The summed E-state index contributed by atoms with van der Waals surface area (Å²) in [7, 11) is 0. The lowest BCUT2D eigenvalue weighted by Crippen LogP contribution is -2.09. The first-order chi connectivity index (χ1) is 8.90. The highest BCUT2D eigenvalue weighted by Gasteiger charge is 2.02. The zero-order valence-corrected chi connectivity index (χ0v) is 9.74. The smallest absolute Gasteiger partial charge is 0.155 e. The standard InChI is InChI=1S/C14H12N2O2/c15-10-12-6-7-16-11-14(12)18-9-8-17-13-4-2-1-3-5-13/h1-7,11H,8-9H2. The molecule has 0 saturated carbocycles. The number of para-hydroxylation sites is 1. The number of hydrogen-bond acceptors (Lipinski definition) is 4. The van der Waals surface area contributed by atoms with Crippen LogP contribution in [0.15, 0.2) is 48.8 Å². The number of rotatable bonds is 5. The molecule has 0 amide bonds. The van der Waals surface area contributed by atoms with E-state index in [2.05, 4.69) is 4.98 Å². The lowest BCUT2D eigenvalue weighted by molar-refractivity contribution is 0.216. The molecule has 0 atom stereocenters. The zero-order chi connectivity index (χ0) is 12.6. The summed E-state index contributed by atoms with van der Waals surface area (Å²) in [6, 6.07) is 13.2. The van der Waals surface area contributed by atoms with E-state index in [1.807, 2.05) is 36.4 Å². The molecule has 2 rings (SSSR count). The van der Waals surface area contributed by atoms with E-state index in [0.29, 0.717) is 24.5 Å². The van der Waals surface area contributed by atoms with Gasteiger partial charge in [-0.15, -0.1) is 0 Å². The first-order valence-corrected chi connectivity index (χ1v) is 5.55. The quantitative estimate of drug-likeness (QED) is 0.753. The molecule has 1 heterocycles. The number of nitriles is 1. The Morgan fingerprint density at radius 1 is 1.06 bits per heavy atom. The number of aromatic nitrogens is 1. The SMILES string of the molecule is N#Cc1ccncc1OCCOc1ccccc1. The molecule has 0 N–H and O–H groups in total. The molecule has 0 radical (unpaired) electrons. The van der Waals surface area contributed by atoms with E-state index in [4.69, 9.17) is 14.7 Å². The number of nitrogens with zero attached hydrogens (tertiary/aromatic N) is 2. The summed E-state index contributed by atoms with van der Waals surface area (Å²) in [6.07, 6.45) is 3.09. The fourth-order valence-electron chi connectivity index (χ4n) is 1.42. The first kappa shape index (κ1) is 11.9. The van der Waals surface area contributed by atoms with E-state index < -0.39 is 0 Å². The third kappa shape index (κ3) is 3.22. The highest BCUT2D eigenvalue weighted by atomic mass is 16.5. The van der Waals surface area contributed by atoms with Crippen molar-refractivity contribution >= 4 is 0 Å². The Bertz CT molecular complexity index is 535. The van der Waals surface area contributed by atoms with Crippen LogP contribution in [0.2, 0.25) is 0 Å². The molecule has 0 aliphatic rings. The van der Waals surface area contributed by atoms with E-state index >= 15 is 0 Å². The maximum Gasteiger partial charge on any atom is 0.155 e. The summed E-state index contributed by atoms with van der Waals surface area (Å²) in [6.45, 7) is 0.791. The van der Waals surface area contributed by atoms with Crippen molar-refractivity contribution in [1.29, 1.82) is 5.26 Å². The molecule has 0 spiro atoms. The number of hydrogen-bond donors (Lipinski definition) is 0. The summed E-state index contributed by atoms with van der Waals surface area (Å²) in [5.74, 6) is 1.28. The van der Waals surface area contributed by atoms with Gasteiger partial charge in [0, 0.05) is 6.20 Å².